The number of rotatable bonds is 8. The molecule has 31 heavy (non-hydrogen) atoms. The molecule has 4 rings (SSSR count). The van der Waals surface area contributed by atoms with Gasteiger partial charge in [-0.3, -0.25) is 4.79 Å². The molecule has 2 aromatic carbocycles. The zero-order valence-corrected chi connectivity index (χ0v) is 18.1. The first-order valence-electron chi connectivity index (χ1n) is 10.6. The van der Waals surface area contributed by atoms with Crippen molar-refractivity contribution >= 4 is 5.91 Å². The van der Waals surface area contributed by atoms with Crippen molar-refractivity contribution in [2.45, 2.75) is 45.7 Å². The van der Waals surface area contributed by atoms with E-state index in [9.17, 15) is 4.79 Å². The summed E-state index contributed by atoms with van der Waals surface area (Å²) >= 11 is 0. The van der Waals surface area contributed by atoms with Crippen LogP contribution in [0.4, 0.5) is 0 Å². The highest BCUT2D eigenvalue weighted by molar-refractivity contribution is 5.79. The average Bonchev–Trinajstić information content (AvgIpc) is 3.41. The van der Waals surface area contributed by atoms with Crippen LogP contribution in [0.1, 0.15) is 49.2 Å². The maximum atomic E-state index is 12.6. The van der Waals surface area contributed by atoms with Gasteiger partial charge in [-0.2, -0.15) is 4.98 Å². The van der Waals surface area contributed by atoms with Gasteiger partial charge in [0.05, 0.1) is 13.7 Å². The molecule has 0 saturated carbocycles. The van der Waals surface area contributed by atoms with Crippen LogP contribution in [0.2, 0.25) is 0 Å². The van der Waals surface area contributed by atoms with Crippen LogP contribution in [0, 0.1) is 6.92 Å². The molecule has 3 aromatic rings. The Hall–Kier alpha value is -3.35. The molecular weight excluding hydrogens is 394 g/mol. The standard InChI is InChI=1S/C24H27N3O4/c1-4-13-30-20-11-9-17(14-21(20)29-3)23-25-24(31-26-23)19-10-12-22(28)27(19)15-18-8-6-5-7-16(18)2/h5-9,11,14,19H,4,10,12-13,15H2,1-3H3. The molecule has 1 aliphatic heterocycles. The van der Waals surface area contributed by atoms with Crippen LogP contribution in [0.15, 0.2) is 47.0 Å². The van der Waals surface area contributed by atoms with E-state index in [2.05, 4.69) is 30.1 Å². The number of benzene rings is 2. The van der Waals surface area contributed by atoms with E-state index >= 15 is 0 Å². The van der Waals surface area contributed by atoms with Crippen LogP contribution in [-0.4, -0.2) is 34.7 Å². The Morgan fingerprint density at radius 1 is 1.19 bits per heavy atom. The lowest BCUT2D eigenvalue weighted by Crippen LogP contribution is -2.27. The first kappa shape index (κ1) is 20.9. The maximum absolute atomic E-state index is 12.6. The number of ether oxygens (including phenoxy) is 2. The van der Waals surface area contributed by atoms with E-state index in [-0.39, 0.29) is 11.9 Å². The number of nitrogens with zero attached hydrogens (tertiary/aromatic N) is 3. The maximum Gasteiger partial charge on any atom is 0.249 e. The second-order valence-corrected chi connectivity index (χ2v) is 7.67. The molecule has 1 fully saturated rings. The Bertz CT molecular complexity index is 1060. The summed E-state index contributed by atoms with van der Waals surface area (Å²) in [6.45, 7) is 5.26. The molecule has 0 spiro atoms. The topological polar surface area (TPSA) is 77.7 Å². The molecule has 1 aliphatic rings. The molecule has 1 unspecified atom stereocenters. The molecule has 0 bridgehead atoms. The normalized spacial score (nSPS) is 16.0. The summed E-state index contributed by atoms with van der Waals surface area (Å²) in [6.07, 6.45) is 2.06. The minimum Gasteiger partial charge on any atom is -0.493 e. The van der Waals surface area contributed by atoms with E-state index in [0.717, 1.165) is 23.1 Å². The summed E-state index contributed by atoms with van der Waals surface area (Å²) in [4.78, 5) is 19.0. The fraction of sp³-hybridized carbons (Fsp3) is 0.375. The van der Waals surface area contributed by atoms with Gasteiger partial charge in [-0.1, -0.05) is 36.3 Å². The minimum absolute atomic E-state index is 0.104. The number of carbonyl (C=O) groups excluding carboxylic acids is 1. The van der Waals surface area contributed by atoms with Crippen LogP contribution < -0.4 is 9.47 Å². The second kappa shape index (κ2) is 9.20. The van der Waals surface area contributed by atoms with Gasteiger partial charge in [0, 0.05) is 18.5 Å². The van der Waals surface area contributed by atoms with E-state index in [1.807, 2.05) is 41.3 Å². The summed E-state index contributed by atoms with van der Waals surface area (Å²) in [5.74, 6) is 2.33. The molecular formula is C24H27N3O4. The summed E-state index contributed by atoms with van der Waals surface area (Å²) < 4.78 is 16.8. The van der Waals surface area contributed by atoms with Gasteiger partial charge in [0.1, 0.15) is 6.04 Å². The zero-order valence-electron chi connectivity index (χ0n) is 18.1. The van der Waals surface area contributed by atoms with E-state index in [0.29, 0.717) is 49.2 Å². The molecule has 162 valence electrons. The van der Waals surface area contributed by atoms with Gasteiger partial charge in [-0.05, 0) is 49.1 Å². The Morgan fingerprint density at radius 2 is 2.03 bits per heavy atom. The number of hydrogen-bond donors (Lipinski definition) is 0. The molecule has 2 heterocycles. The molecule has 0 aliphatic carbocycles. The number of amides is 1. The summed E-state index contributed by atoms with van der Waals surface area (Å²) in [6, 6.07) is 13.4. The fourth-order valence-electron chi connectivity index (χ4n) is 3.79. The first-order chi connectivity index (χ1) is 15.1. The highest BCUT2D eigenvalue weighted by atomic mass is 16.5. The lowest BCUT2D eigenvalue weighted by atomic mass is 10.1. The molecule has 1 atom stereocenters. The highest BCUT2D eigenvalue weighted by Crippen LogP contribution is 2.36. The quantitative estimate of drug-likeness (QED) is 0.524. The van der Waals surface area contributed by atoms with Crippen LogP contribution in [0.25, 0.3) is 11.4 Å². The zero-order chi connectivity index (χ0) is 21.8. The largest absolute Gasteiger partial charge is 0.493 e. The Morgan fingerprint density at radius 3 is 2.81 bits per heavy atom. The van der Waals surface area contributed by atoms with Crippen molar-refractivity contribution in [3.05, 3.63) is 59.5 Å². The predicted molar refractivity (Wildman–Crippen MR) is 116 cm³/mol. The Labute approximate surface area is 182 Å². The van der Waals surface area contributed by atoms with E-state index in [1.165, 1.54) is 0 Å². The van der Waals surface area contributed by atoms with Crippen molar-refractivity contribution in [1.29, 1.82) is 0 Å². The SMILES string of the molecule is CCCOc1ccc(-c2noc(C3CCC(=O)N3Cc3ccccc3C)n2)cc1OC. The summed E-state index contributed by atoms with van der Waals surface area (Å²) in [5.41, 5.74) is 3.05. The fourth-order valence-corrected chi connectivity index (χ4v) is 3.79. The predicted octanol–water partition coefficient (Wildman–Crippen LogP) is 4.71. The smallest absolute Gasteiger partial charge is 0.249 e. The Balaban J connectivity index is 1.56. The van der Waals surface area contributed by atoms with Gasteiger partial charge in [0.15, 0.2) is 11.5 Å². The van der Waals surface area contributed by atoms with E-state index in [4.69, 9.17) is 14.0 Å². The third-order valence-electron chi connectivity index (χ3n) is 5.54. The third kappa shape index (κ3) is 4.40. The van der Waals surface area contributed by atoms with Crippen LogP contribution >= 0.6 is 0 Å². The van der Waals surface area contributed by atoms with Crippen LogP contribution in [0.5, 0.6) is 11.5 Å². The summed E-state index contributed by atoms with van der Waals surface area (Å²) in [7, 11) is 1.60. The third-order valence-corrected chi connectivity index (χ3v) is 5.54. The number of methoxy groups -OCH3 is 1. The average molecular weight is 421 g/mol. The van der Waals surface area contributed by atoms with Gasteiger partial charge in [-0.25, -0.2) is 0 Å². The monoisotopic (exact) mass is 421 g/mol. The number of carbonyl (C=O) groups is 1. The van der Waals surface area contributed by atoms with Gasteiger partial charge in [0.25, 0.3) is 0 Å². The van der Waals surface area contributed by atoms with Crippen molar-refractivity contribution in [2.24, 2.45) is 0 Å². The molecule has 1 amide bonds. The van der Waals surface area contributed by atoms with Crippen molar-refractivity contribution in [1.82, 2.24) is 15.0 Å². The number of aryl methyl sites for hydroxylation is 1. The molecule has 1 aromatic heterocycles. The first-order valence-corrected chi connectivity index (χ1v) is 10.6. The molecule has 0 radical (unpaired) electrons. The Kier molecular flexibility index (Phi) is 6.21. The van der Waals surface area contributed by atoms with E-state index < -0.39 is 0 Å². The lowest BCUT2D eigenvalue weighted by molar-refractivity contribution is -0.130. The molecule has 0 N–H and O–H groups in total. The molecule has 7 heteroatoms. The molecule has 7 nitrogen and oxygen atoms in total. The summed E-state index contributed by atoms with van der Waals surface area (Å²) in [5, 5.41) is 4.16. The van der Waals surface area contributed by atoms with Gasteiger partial charge in [-0.15, -0.1) is 0 Å². The van der Waals surface area contributed by atoms with Crippen molar-refractivity contribution in [3.8, 4) is 22.9 Å². The van der Waals surface area contributed by atoms with Gasteiger partial charge >= 0.3 is 0 Å². The van der Waals surface area contributed by atoms with Crippen molar-refractivity contribution in [3.63, 3.8) is 0 Å². The van der Waals surface area contributed by atoms with Crippen molar-refractivity contribution in [2.75, 3.05) is 13.7 Å². The number of hydrogen-bond acceptors (Lipinski definition) is 6. The van der Waals surface area contributed by atoms with Crippen LogP contribution in [-0.2, 0) is 11.3 Å². The lowest BCUT2D eigenvalue weighted by Gasteiger charge is -2.23. The van der Waals surface area contributed by atoms with Crippen LogP contribution in [0.3, 0.4) is 0 Å². The molecule has 1 saturated heterocycles. The van der Waals surface area contributed by atoms with E-state index in [1.54, 1.807) is 7.11 Å². The number of likely N-dealkylation sites (tertiary alicyclic amines) is 1. The van der Waals surface area contributed by atoms with Gasteiger partial charge < -0.3 is 18.9 Å². The minimum atomic E-state index is -0.220. The highest BCUT2D eigenvalue weighted by Gasteiger charge is 2.36. The van der Waals surface area contributed by atoms with Crippen molar-refractivity contribution < 1.29 is 18.8 Å². The van der Waals surface area contributed by atoms with Gasteiger partial charge in [0.2, 0.25) is 17.6 Å². The second-order valence-electron chi connectivity index (χ2n) is 7.67. The number of aromatic nitrogens is 2.